The van der Waals surface area contributed by atoms with Crippen molar-refractivity contribution in [2.24, 2.45) is 0 Å². The topological polar surface area (TPSA) is 48.7 Å². The molecule has 0 fully saturated rings. The Balaban J connectivity index is 2.39. The molecule has 2 aromatic rings. The molecule has 0 unspecified atom stereocenters. The van der Waals surface area contributed by atoms with E-state index in [2.05, 4.69) is 0 Å². The third-order valence-electron chi connectivity index (χ3n) is 2.81. The van der Waals surface area contributed by atoms with Gasteiger partial charge >= 0.3 is 5.63 Å². The monoisotopic (exact) mass is 286 g/mol. The summed E-state index contributed by atoms with van der Waals surface area (Å²) >= 11 is 12.1. The van der Waals surface area contributed by atoms with Gasteiger partial charge in [0.25, 0.3) is 0 Å². The van der Waals surface area contributed by atoms with Gasteiger partial charge < -0.3 is 13.9 Å². The molecule has 2 atom stereocenters. The van der Waals surface area contributed by atoms with Gasteiger partial charge in [-0.3, -0.25) is 0 Å². The molecule has 18 heavy (non-hydrogen) atoms. The summed E-state index contributed by atoms with van der Waals surface area (Å²) in [7, 11) is 1.47. The Hall–Kier alpha value is -1.39. The molecule has 0 saturated carbocycles. The molecule has 1 aliphatic heterocycles. The lowest BCUT2D eigenvalue weighted by Crippen LogP contribution is -2.05. The molecule has 0 radical (unpaired) electrons. The zero-order valence-electron chi connectivity index (χ0n) is 9.28. The lowest BCUT2D eigenvalue weighted by molar-refractivity contribution is 0.292. The molecule has 4 nitrogen and oxygen atoms in total. The van der Waals surface area contributed by atoms with Gasteiger partial charge in [-0.1, -0.05) is 11.6 Å². The zero-order chi connectivity index (χ0) is 12.9. The van der Waals surface area contributed by atoms with E-state index in [0.717, 1.165) is 5.56 Å². The van der Waals surface area contributed by atoms with Crippen molar-refractivity contribution < 1.29 is 13.9 Å². The lowest BCUT2D eigenvalue weighted by atomic mass is 10.1. The number of halogens is 2. The maximum absolute atomic E-state index is 11.3. The number of methoxy groups -OCH3 is 1. The molecule has 0 saturated heterocycles. The van der Waals surface area contributed by atoms with Gasteiger partial charge in [0.15, 0.2) is 16.9 Å². The predicted octanol–water partition coefficient (Wildman–Crippen LogP) is 3.04. The third-order valence-corrected chi connectivity index (χ3v) is 3.75. The van der Waals surface area contributed by atoms with Gasteiger partial charge in [-0.05, 0) is 12.1 Å². The van der Waals surface area contributed by atoms with Crippen molar-refractivity contribution in [2.45, 2.75) is 10.9 Å². The van der Waals surface area contributed by atoms with E-state index in [4.69, 9.17) is 37.1 Å². The van der Waals surface area contributed by atoms with Gasteiger partial charge in [0.05, 0.1) is 7.11 Å². The lowest BCUT2D eigenvalue weighted by Gasteiger charge is -2.09. The molecule has 1 aromatic carbocycles. The van der Waals surface area contributed by atoms with Crippen LogP contribution in [0.15, 0.2) is 27.4 Å². The first-order chi connectivity index (χ1) is 8.61. The van der Waals surface area contributed by atoms with Crippen LogP contribution < -0.4 is 15.1 Å². The Labute approximate surface area is 112 Å². The summed E-state index contributed by atoms with van der Waals surface area (Å²) in [4.78, 5) is 11.3. The summed E-state index contributed by atoms with van der Waals surface area (Å²) in [5, 5.41) is 0.247. The first-order valence-electron chi connectivity index (χ1n) is 5.21. The second-order valence-electron chi connectivity index (χ2n) is 3.87. The van der Waals surface area contributed by atoms with E-state index >= 15 is 0 Å². The SMILES string of the molecule is COc1c2c(cc3ccc(=O)oc13)[C@@H](Cl)[C@H](Cl)O2. The van der Waals surface area contributed by atoms with Gasteiger partial charge in [0.2, 0.25) is 5.75 Å². The quantitative estimate of drug-likeness (QED) is 0.597. The van der Waals surface area contributed by atoms with Crippen molar-refractivity contribution >= 4 is 34.2 Å². The molecule has 0 spiro atoms. The molecule has 1 aromatic heterocycles. The van der Waals surface area contributed by atoms with Crippen LogP contribution in [0.1, 0.15) is 10.9 Å². The summed E-state index contributed by atoms with van der Waals surface area (Å²) in [6.45, 7) is 0. The van der Waals surface area contributed by atoms with Crippen molar-refractivity contribution in [3.63, 3.8) is 0 Å². The van der Waals surface area contributed by atoms with E-state index < -0.39 is 16.6 Å². The molecule has 1 aliphatic rings. The number of rotatable bonds is 1. The van der Waals surface area contributed by atoms with E-state index in [1.165, 1.54) is 13.2 Å². The Bertz CT molecular complexity index is 680. The summed E-state index contributed by atoms with van der Waals surface area (Å²) in [5.74, 6) is 0.772. The Kier molecular flexibility index (Phi) is 2.64. The number of hydrogen-bond donors (Lipinski definition) is 0. The fraction of sp³-hybridized carbons (Fsp3) is 0.250. The van der Waals surface area contributed by atoms with Crippen LogP contribution in [-0.2, 0) is 0 Å². The third kappa shape index (κ3) is 1.56. The number of hydrogen-bond acceptors (Lipinski definition) is 4. The minimum atomic E-state index is -0.667. The van der Waals surface area contributed by atoms with Crippen molar-refractivity contribution in [3.8, 4) is 11.5 Å². The molecule has 3 rings (SSSR count). The minimum Gasteiger partial charge on any atom is -0.490 e. The van der Waals surface area contributed by atoms with Gasteiger partial charge in [-0.15, -0.1) is 11.6 Å². The first-order valence-corrected chi connectivity index (χ1v) is 6.08. The van der Waals surface area contributed by atoms with Crippen LogP contribution in [0.3, 0.4) is 0 Å². The van der Waals surface area contributed by atoms with Crippen LogP contribution in [0, 0.1) is 0 Å². The molecule has 94 valence electrons. The molecule has 0 bridgehead atoms. The number of ether oxygens (including phenoxy) is 2. The molecule has 0 aliphatic carbocycles. The summed E-state index contributed by atoms with van der Waals surface area (Å²) in [6, 6.07) is 4.77. The van der Waals surface area contributed by atoms with E-state index in [-0.39, 0.29) is 0 Å². The fourth-order valence-electron chi connectivity index (χ4n) is 2.01. The van der Waals surface area contributed by atoms with Crippen molar-refractivity contribution in [2.75, 3.05) is 7.11 Å². The normalized spacial score (nSPS) is 21.7. The van der Waals surface area contributed by atoms with Crippen molar-refractivity contribution in [1.82, 2.24) is 0 Å². The van der Waals surface area contributed by atoms with E-state index in [1.807, 2.05) is 0 Å². The highest BCUT2D eigenvalue weighted by Gasteiger charge is 2.35. The van der Waals surface area contributed by atoms with Gasteiger partial charge in [-0.25, -0.2) is 4.79 Å². The minimum absolute atomic E-state index is 0.332. The molecular weight excluding hydrogens is 279 g/mol. The van der Waals surface area contributed by atoms with Crippen LogP contribution in [0.4, 0.5) is 0 Å². The summed E-state index contributed by atoms with van der Waals surface area (Å²) in [6.07, 6.45) is 0. The van der Waals surface area contributed by atoms with E-state index in [0.29, 0.717) is 22.5 Å². The largest absolute Gasteiger partial charge is 0.490 e. The van der Waals surface area contributed by atoms with Gasteiger partial charge in [0.1, 0.15) is 5.38 Å². The number of benzene rings is 1. The van der Waals surface area contributed by atoms with E-state index in [9.17, 15) is 4.79 Å². The van der Waals surface area contributed by atoms with Crippen LogP contribution in [0.5, 0.6) is 11.5 Å². The average molecular weight is 287 g/mol. The van der Waals surface area contributed by atoms with Crippen LogP contribution in [0.25, 0.3) is 11.0 Å². The highest BCUT2D eigenvalue weighted by Crippen LogP contribution is 2.50. The Morgan fingerprint density at radius 1 is 1.33 bits per heavy atom. The molecule has 0 N–H and O–H groups in total. The number of alkyl halides is 2. The van der Waals surface area contributed by atoms with Crippen molar-refractivity contribution in [1.29, 1.82) is 0 Å². The average Bonchev–Trinajstić information content (AvgIpc) is 2.63. The van der Waals surface area contributed by atoms with Crippen molar-refractivity contribution in [3.05, 3.63) is 34.2 Å². The maximum Gasteiger partial charge on any atom is 0.336 e. The molecule has 6 heteroatoms. The Morgan fingerprint density at radius 2 is 2.11 bits per heavy atom. The predicted molar refractivity (Wildman–Crippen MR) is 67.9 cm³/mol. The van der Waals surface area contributed by atoms with Gasteiger partial charge in [-0.2, -0.15) is 0 Å². The van der Waals surface area contributed by atoms with E-state index in [1.54, 1.807) is 12.1 Å². The van der Waals surface area contributed by atoms with Crippen LogP contribution in [-0.4, -0.2) is 12.7 Å². The van der Waals surface area contributed by atoms with Crippen LogP contribution in [0.2, 0.25) is 0 Å². The highest BCUT2D eigenvalue weighted by molar-refractivity contribution is 6.30. The molecular formula is C12H8Cl2O4. The number of fused-ring (bicyclic) bond motifs is 2. The summed E-state index contributed by atoms with van der Waals surface area (Å²) < 4.78 is 15.8. The zero-order valence-corrected chi connectivity index (χ0v) is 10.8. The molecule has 2 heterocycles. The first kappa shape index (κ1) is 11.7. The molecule has 0 amide bonds. The second-order valence-corrected chi connectivity index (χ2v) is 4.77. The smallest absolute Gasteiger partial charge is 0.336 e. The Morgan fingerprint density at radius 3 is 2.83 bits per heavy atom. The van der Waals surface area contributed by atoms with Gasteiger partial charge in [0, 0.05) is 17.0 Å². The summed E-state index contributed by atoms with van der Waals surface area (Å²) in [5.41, 5.74) is -0.0593. The van der Waals surface area contributed by atoms with Crippen LogP contribution >= 0.6 is 23.2 Å². The standard InChI is InChI=1S/C12H8Cl2O4/c1-16-11-9-5(2-3-7(15)17-9)4-6-8(13)12(14)18-10(6)11/h2-4,8,12H,1H3/t8-,12-/m1/s1. The highest BCUT2D eigenvalue weighted by atomic mass is 35.5. The maximum atomic E-state index is 11.3. The second kappa shape index (κ2) is 4.07. The fourth-order valence-corrected chi connectivity index (χ4v) is 2.45.